The summed E-state index contributed by atoms with van der Waals surface area (Å²) in [5.41, 5.74) is 3.23. The molecular formula is C18H20O2. The second-order valence-corrected chi connectivity index (χ2v) is 5.14. The van der Waals surface area contributed by atoms with Gasteiger partial charge in [0.15, 0.2) is 0 Å². The van der Waals surface area contributed by atoms with Gasteiger partial charge in [-0.3, -0.25) is 0 Å². The zero-order chi connectivity index (χ0) is 14.4. The summed E-state index contributed by atoms with van der Waals surface area (Å²) in [4.78, 5) is 11.5. The van der Waals surface area contributed by atoms with E-state index in [1.54, 1.807) is 6.92 Å². The van der Waals surface area contributed by atoms with Crippen molar-refractivity contribution in [2.24, 2.45) is 0 Å². The molecule has 20 heavy (non-hydrogen) atoms. The first-order chi connectivity index (χ1) is 9.70. The van der Waals surface area contributed by atoms with Crippen molar-refractivity contribution in [3.05, 3.63) is 71.3 Å². The number of aliphatic hydroxyl groups excluding tert-OH is 1. The molecule has 0 aromatic heterocycles. The maximum atomic E-state index is 11.5. The van der Waals surface area contributed by atoms with Crippen LogP contribution < -0.4 is 0 Å². The molecule has 2 aromatic carbocycles. The van der Waals surface area contributed by atoms with Crippen LogP contribution in [0.15, 0.2) is 54.6 Å². The predicted molar refractivity (Wildman–Crippen MR) is 80.5 cm³/mol. The van der Waals surface area contributed by atoms with Crippen molar-refractivity contribution in [1.29, 1.82) is 0 Å². The molecule has 1 N–H and O–H groups in total. The first kappa shape index (κ1) is 14.5. The van der Waals surface area contributed by atoms with Gasteiger partial charge in [-0.15, -0.1) is 0 Å². The van der Waals surface area contributed by atoms with Gasteiger partial charge in [-0.1, -0.05) is 54.6 Å². The van der Waals surface area contributed by atoms with Gasteiger partial charge < -0.3 is 9.90 Å². The molecule has 2 heteroatoms. The SMILES string of the molecule is CC(=O)CC(Cc1ccccc1CO)c1ccccc1. The number of benzene rings is 2. The summed E-state index contributed by atoms with van der Waals surface area (Å²) in [5.74, 6) is 0.363. The van der Waals surface area contributed by atoms with Gasteiger partial charge in [-0.05, 0) is 36.0 Å². The van der Waals surface area contributed by atoms with Crippen molar-refractivity contribution in [2.75, 3.05) is 0 Å². The van der Waals surface area contributed by atoms with Crippen LogP contribution in [0.4, 0.5) is 0 Å². The highest BCUT2D eigenvalue weighted by molar-refractivity contribution is 5.76. The second-order valence-electron chi connectivity index (χ2n) is 5.14. The number of hydrogen-bond donors (Lipinski definition) is 1. The van der Waals surface area contributed by atoms with Gasteiger partial charge in [0.05, 0.1) is 6.61 Å². The predicted octanol–water partition coefficient (Wildman–Crippen LogP) is 3.48. The molecule has 1 atom stereocenters. The average Bonchev–Trinajstić information content (AvgIpc) is 2.47. The van der Waals surface area contributed by atoms with Crippen molar-refractivity contribution >= 4 is 5.78 Å². The second kappa shape index (κ2) is 7.01. The molecular weight excluding hydrogens is 248 g/mol. The third-order valence-corrected chi connectivity index (χ3v) is 3.56. The molecule has 2 nitrogen and oxygen atoms in total. The summed E-state index contributed by atoms with van der Waals surface area (Å²) in [6.07, 6.45) is 1.31. The van der Waals surface area contributed by atoms with E-state index >= 15 is 0 Å². The van der Waals surface area contributed by atoms with E-state index in [4.69, 9.17) is 0 Å². The number of carbonyl (C=O) groups is 1. The summed E-state index contributed by atoms with van der Waals surface area (Å²) in [5, 5.41) is 9.42. The summed E-state index contributed by atoms with van der Waals surface area (Å²) in [6, 6.07) is 18.0. The van der Waals surface area contributed by atoms with Gasteiger partial charge in [0.1, 0.15) is 5.78 Å². The van der Waals surface area contributed by atoms with Crippen LogP contribution >= 0.6 is 0 Å². The Morgan fingerprint density at radius 1 is 1.00 bits per heavy atom. The fraction of sp³-hybridized carbons (Fsp3) is 0.278. The van der Waals surface area contributed by atoms with Crippen LogP contribution in [0.3, 0.4) is 0 Å². The molecule has 0 fully saturated rings. The Hall–Kier alpha value is -1.93. The molecule has 1 unspecified atom stereocenters. The highest BCUT2D eigenvalue weighted by atomic mass is 16.3. The summed E-state index contributed by atoms with van der Waals surface area (Å²) >= 11 is 0. The van der Waals surface area contributed by atoms with Crippen LogP contribution in [0.5, 0.6) is 0 Å². The van der Waals surface area contributed by atoms with Crippen LogP contribution in [0.2, 0.25) is 0 Å². The summed E-state index contributed by atoms with van der Waals surface area (Å²) < 4.78 is 0. The molecule has 0 aliphatic heterocycles. The first-order valence-corrected chi connectivity index (χ1v) is 6.92. The van der Waals surface area contributed by atoms with Crippen LogP contribution in [0.1, 0.15) is 36.0 Å². The number of carbonyl (C=O) groups excluding carboxylic acids is 1. The standard InChI is InChI=1S/C18H20O2/c1-14(20)11-18(15-7-3-2-4-8-15)12-16-9-5-6-10-17(16)13-19/h2-10,18-19H,11-13H2,1H3. The Kier molecular flexibility index (Phi) is 5.08. The lowest BCUT2D eigenvalue weighted by Gasteiger charge is -2.18. The van der Waals surface area contributed by atoms with E-state index in [0.717, 1.165) is 17.5 Å². The molecule has 0 saturated carbocycles. The van der Waals surface area contributed by atoms with Gasteiger partial charge in [0.25, 0.3) is 0 Å². The van der Waals surface area contributed by atoms with Crippen molar-refractivity contribution in [2.45, 2.75) is 32.3 Å². The minimum absolute atomic E-state index is 0.0394. The van der Waals surface area contributed by atoms with Gasteiger partial charge in [-0.25, -0.2) is 0 Å². The molecule has 0 aliphatic carbocycles. The maximum absolute atomic E-state index is 11.5. The molecule has 0 aliphatic rings. The average molecular weight is 268 g/mol. The molecule has 2 aromatic rings. The minimum atomic E-state index is 0.0394. The molecule has 0 radical (unpaired) electrons. The monoisotopic (exact) mass is 268 g/mol. The van der Waals surface area contributed by atoms with Crippen LogP contribution in [-0.2, 0) is 17.8 Å². The Morgan fingerprint density at radius 2 is 1.60 bits per heavy atom. The summed E-state index contributed by atoms with van der Waals surface area (Å²) in [7, 11) is 0. The van der Waals surface area contributed by atoms with E-state index in [2.05, 4.69) is 12.1 Å². The molecule has 0 bridgehead atoms. The Labute approximate surface area is 120 Å². The number of rotatable bonds is 6. The Balaban J connectivity index is 2.26. The van der Waals surface area contributed by atoms with Crippen molar-refractivity contribution in [1.82, 2.24) is 0 Å². The number of ketones is 1. The van der Waals surface area contributed by atoms with E-state index in [1.165, 1.54) is 5.56 Å². The largest absolute Gasteiger partial charge is 0.392 e. The zero-order valence-electron chi connectivity index (χ0n) is 11.8. The molecule has 0 saturated heterocycles. The van der Waals surface area contributed by atoms with Crippen LogP contribution in [0, 0.1) is 0 Å². The zero-order valence-corrected chi connectivity index (χ0v) is 11.8. The quantitative estimate of drug-likeness (QED) is 0.870. The fourth-order valence-corrected chi connectivity index (χ4v) is 2.56. The first-order valence-electron chi connectivity index (χ1n) is 6.92. The van der Waals surface area contributed by atoms with Crippen molar-refractivity contribution < 1.29 is 9.90 Å². The molecule has 0 heterocycles. The number of hydrogen-bond acceptors (Lipinski definition) is 2. The third-order valence-electron chi connectivity index (χ3n) is 3.56. The normalized spacial score (nSPS) is 12.1. The molecule has 0 amide bonds. The van der Waals surface area contributed by atoms with E-state index in [1.807, 2.05) is 42.5 Å². The lowest BCUT2D eigenvalue weighted by Crippen LogP contribution is -2.09. The van der Waals surface area contributed by atoms with Crippen LogP contribution in [0.25, 0.3) is 0 Å². The molecule has 0 spiro atoms. The Bertz CT molecular complexity index is 561. The van der Waals surface area contributed by atoms with Crippen molar-refractivity contribution in [3.63, 3.8) is 0 Å². The smallest absolute Gasteiger partial charge is 0.130 e. The van der Waals surface area contributed by atoms with Crippen molar-refractivity contribution in [3.8, 4) is 0 Å². The van der Waals surface area contributed by atoms with Gasteiger partial charge in [0.2, 0.25) is 0 Å². The molecule has 104 valence electrons. The lowest BCUT2D eigenvalue weighted by molar-refractivity contribution is -0.117. The van der Waals surface area contributed by atoms with E-state index in [-0.39, 0.29) is 18.3 Å². The fourth-order valence-electron chi connectivity index (χ4n) is 2.56. The van der Waals surface area contributed by atoms with Gasteiger partial charge >= 0.3 is 0 Å². The van der Waals surface area contributed by atoms with E-state index in [0.29, 0.717) is 6.42 Å². The van der Waals surface area contributed by atoms with Gasteiger partial charge in [-0.2, -0.15) is 0 Å². The highest BCUT2D eigenvalue weighted by Crippen LogP contribution is 2.26. The maximum Gasteiger partial charge on any atom is 0.130 e. The van der Waals surface area contributed by atoms with E-state index < -0.39 is 0 Å². The highest BCUT2D eigenvalue weighted by Gasteiger charge is 2.16. The lowest BCUT2D eigenvalue weighted by atomic mass is 9.87. The van der Waals surface area contributed by atoms with E-state index in [9.17, 15) is 9.90 Å². The topological polar surface area (TPSA) is 37.3 Å². The third kappa shape index (κ3) is 3.78. The molecule has 2 rings (SSSR count). The van der Waals surface area contributed by atoms with Gasteiger partial charge in [0, 0.05) is 6.42 Å². The Morgan fingerprint density at radius 3 is 2.20 bits per heavy atom. The minimum Gasteiger partial charge on any atom is -0.392 e. The number of aliphatic hydroxyl groups is 1. The number of Topliss-reactive ketones (excluding diaryl/α,β-unsaturated/α-hetero) is 1. The van der Waals surface area contributed by atoms with Crippen LogP contribution in [-0.4, -0.2) is 10.9 Å². The summed E-state index contributed by atoms with van der Waals surface area (Å²) in [6.45, 7) is 1.67.